The van der Waals surface area contributed by atoms with E-state index in [1.54, 1.807) is 12.4 Å². The molecule has 1 aliphatic rings. The van der Waals surface area contributed by atoms with Gasteiger partial charge >= 0.3 is 0 Å². The van der Waals surface area contributed by atoms with Gasteiger partial charge in [0, 0.05) is 30.1 Å². The van der Waals surface area contributed by atoms with Gasteiger partial charge in [-0.05, 0) is 43.2 Å². The number of rotatable bonds is 8. The van der Waals surface area contributed by atoms with Gasteiger partial charge in [-0.3, -0.25) is 14.9 Å². The number of aromatic nitrogens is 3. The van der Waals surface area contributed by atoms with Crippen molar-refractivity contribution in [2.75, 3.05) is 13.2 Å². The van der Waals surface area contributed by atoms with Gasteiger partial charge in [0.15, 0.2) is 11.5 Å². The lowest BCUT2D eigenvalue weighted by atomic mass is 9.95. The Morgan fingerprint density at radius 1 is 0.971 bits per heavy atom. The molecular weight excluding hydrogens is 428 g/mol. The molecule has 5 rings (SSSR count). The number of carbonyl (C=O) groups is 1. The van der Waals surface area contributed by atoms with Crippen LogP contribution in [0.5, 0.6) is 11.5 Å². The Bertz CT molecular complexity index is 1290. The van der Waals surface area contributed by atoms with Crippen LogP contribution in [-0.4, -0.2) is 39.2 Å². The summed E-state index contributed by atoms with van der Waals surface area (Å²) in [5.74, 6) is 1.26. The number of hydrogen-bond donors (Lipinski definition) is 1. The van der Waals surface area contributed by atoms with Gasteiger partial charge in [0.25, 0.3) is 5.91 Å². The van der Waals surface area contributed by atoms with Crippen LogP contribution in [0.3, 0.4) is 0 Å². The van der Waals surface area contributed by atoms with Gasteiger partial charge in [-0.15, -0.1) is 0 Å². The van der Waals surface area contributed by atoms with Gasteiger partial charge in [-0.2, -0.15) is 5.10 Å². The number of pyridine rings is 1. The molecule has 1 amide bonds. The molecule has 0 saturated heterocycles. The van der Waals surface area contributed by atoms with E-state index < -0.39 is 0 Å². The lowest BCUT2D eigenvalue weighted by molar-refractivity contribution is 0.0729. The van der Waals surface area contributed by atoms with E-state index in [0.717, 1.165) is 27.9 Å². The molecule has 1 aliphatic heterocycles. The van der Waals surface area contributed by atoms with E-state index in [4.69, 9.17) is 9.47 Å². The Labute approximate surface area is 198 Å². The zero-order valence-corrected chi connectivity index (χ0v) is 19.2. The second kappa shape index (κ2) is 9.39. The van der Waals surface area contributed by atoms with Crippen LogP contribution in [0.15, 0.2) is 73.1 Å². The Balaban J connectivity index is 1.65. The maximum atomic E-state index is 13.6. The number of carbonyl (C=O) groups excluding carboxylic acids is 1. The first kappa shape index (κ1) is 21.7. The van der Waals surface area contributed by atoms with Gasteiger partial charge in [-0.25, -0.2) is 0 Å². The average Bonchev–Trinajstić information content (AvgIpc) is 3.41. The lowest BCUT2D eigenvalue weighted by Gasteiger charge is -2.27. The van der Waals surface area contributed by atoms with Crippen LogP contribution in [0.4, 0.5) is 0 Å². The van der Waals surface area contributed by atoms with Crippen LogP contribution < -0.4 is 9.47 Å². The molecule has 0 radical (unpaired) electrons. The fraction of sp³-hybridized carbons (Fsp3) is 0.222. The highest BCUT2D eigenvalue weighted by Crippen LogP contribution is 2.45. The number of nitrogens with one attached hydrogen (secondary N) is 1. The largest absolute Gasteiger partial charge is 0.490 e. The molecule has 0 fully saturated rings. The Morgan fingerprint density at radius 3 is 2.50 bits per heavy atom. The van der Waals surface area contributed by atoms with Gasteiger partial charge in [0.05, 0.1) is 24.9 Å². The molecule has 7 heteroatoms. The van der Waals surface area contributed by atoms with Crippen LogP contribution in [0.25, 0.3) is 11.3 Å². The molecule has 2 aromatic carbocycles. The normalized spacial score (nSPS) is 14.8. The van der Waals surface area contributed by atoms with Gasteiger partial charge in [0.1, 0.15) is 5.69 Å². The van der Waals surface area contributed by atoms with Crippen molar-refractivity contribution in [2.24, 2.45) is 0 Å². The summed E-state index contributed by atoms with van der Waals surface area (Å²) in [7, 11) is 0. The molecule has 0 bridgehead atoms. The summed E-state index contributed by atoms with van der Waals surface area (Å²) in [4.78, 5) is 19.7. The van der Waals surface area contributed by atoms with Crippen LogP contribution >= 0.6 is 0 Å². The molecule has 0 aliphatic carbocycles. The first-order chi connectivity index (χ1) is 16.7. The summed E-state index contributed by atoms with van der Waals surface area (Å²) >= 11 is 0. The summed E-state index contributed by atoms with van der Waals surface area (Å²) in [6, 6.07) is 19.3. The molecule has 1 N–H and O–H groups in total. The number of hydrogen-bond acceptors (Lipinski definition) is 5. The van der Waals surface area contributed by atoms with E-state index in [1.165, 1.54) is 0 Å². The molecule has 3 heterocycles. The van der Waals surface area contributed by atoms with Crippen molar-refractivity contribution >= 4 is 5.91 Å². The summed E-state index contributed by atoms with van der Waals surface area (Å²) in [6.45, 7) is 5.36. The molecule has 1 unspecified atom stereocenters. The lowest BCUT2D eigenvalue weighted by Crippen LogP contribution is -2.29. The number of aromatic amines is 1. The summed E-state index contributed by atoms with van der Waals surface area (Å²) in [5.41, 5.74) is 5.00. The molecule has 0 spiro atoms. The second-order valence-corrected chi connectivity index (χ2v) is 8.00. The number of H-pyrrole nitrogens is 1. The smallest absolute Gasteiger partial charge is 0.273 e. The molecule has 1 atom stereocenters. The van der Waals surface area contributed by atoms with E-state index in [2.05, 4.69) is 15.2 Å². The number of ether oxygens (including phenoxy) is 2. The zero-order valence-electron chi connectivity index (χ0n) is 19.2. The fourth-order valence-electron chi connectivity index (χ4n) is 4.45. The van der Waals surface area contributed by atoms with Crippen LogP contribution in [-0.2, 0) is 6.54 Å². The first-order valence-electron chi connectivity index (χ1n) is 11.4. The number of benzene rings is 2. The van der Waals surface area contributed by atoms with Crippen molar-refractivity contribution in [1.82, 2.24) is 20.1 Å². The van der Waals surface area contributed by atoms with Crippen molar-refractivity contribution in [3.05, 3.63) is 95.4 Å². The van der Waals surface area contributed by atoms with Gasteiger partial charge in [0.2, 0.25) is 0 Å². The quantitative estimate of drug-likeness (QED) is 0.405. The molecule has 0 saturated carbocycles. The van der Waals surface area contributed by atoms with Gasteiger partial charge in [-0.1, -0.05) is 42.5 Å². The van der Waals surface area contributed by atoms with E-state index >= 15 is 0 Å². The third-order valence-electron chi connectivity index (χ3n) is 5.87. The van der Waals surface area contributed by atoms with E-state index in [0.29, 0.717) is 37.0 Å². The van der Waals surface area contributed by atoms with E-state index in [9.17, 15) is 4.79 Å². The highest BCUT2D eigenvalue weighted by molar-refractivity contribution is 6.00. The molecule has 7 nitrogen and oxygen atoms in total. The van der Waals surface area contributed by atoms with Crippen LogP contribution in [0, 0.1) is 0 Å². The number of fused-ring (bicyclic) bond motifs is 1. The molecule has 34 heavy (non-hydrogen) atoms. The zero-order chi connectivity index (χ0) is 23.5. The average molecular weight is 455 g/mol. The van der Waals surface area contributed by atoms with Crippen molar-refractivity contribution < 1.29 is 14.3 Å². The monoisotopic (exact) mass is 454 g/mol. The Kier molecular flexibility index (Phi) is 5.99. The Hall–Kier alpha value is -4.13. The minimum Gasteiger partial charge on any atom is -0.490 e. The summed E-state index contributed by atoms with van der Waals surface area (Å²) < 4.78 is 11.7. The van der Waals surface area contributed by atoms with E-state index in [-0.39, 0.29) is 11.9 Å². The van der Waals surface area contributed by atoms with E-state index in [1.807, 2.05) is 79.4 Å². The van der Waals surface area contributed by atoms with Crippen molar-refractivity contribution in [2.45, 2.75) is 26.4 Å². The van der Waals surface area contributed by atoms with Crippen LogP contribution in [0.2, 0.25) is 0 Å². The van der Waals surface area contributed by atoms with Crippen LogP contribution in [0.1, 0.15) is 47.1 Å². The molecule has 172 valence electrons. The van der Waals surface area contributed by atoms with Crippen molar-refractivity contribution in [1.29, 1.82) is 0 Å². The predicted octanol–water partition coefficient (Wildman–Crippen LogP) is 5.01. The third kappa shape index (κ3) is 3.90. The maximum Gasteiger partial charge on any atom is 0.273 e. The Morgan fingerprint density at radius 2 is 1.76 bits per heavy atom. The maximum absolute atomic E-state index is 13.6. The first-order valence-corrected chi connectivity index (χ1v) is 11.4. The minimum atomic E-state index is -0.341. The standard InChI is InChI=1S/C27H26N4O3/c1-3-33-21-13-12-20(15-22(21)34-4-2)26-23-24(19-10-6-5-7-11-19)29-30-25(23)27(32)31(26)17-18-9-8-14-28-16-18/h5-16,26H,3-4,17H2,1-2H3,(H,29,30). The topological polar surface area (TPSA) is 80.3 Å². The summed E-state index contributed by atoms with van der Waals surface area (Å²) in [6.07, 6.45) is 3.52. The SMILES string of the molecule is CCOc1ccc(C2c3c(-c4ccccc4)n[nH]c3C(=O)N2Cc2cccnc2)cc1OCC. The highest BCUT2D eigenvalue weighted by Gasteiger charge is 2.42. The second-order valence-electron chi connectivity index (χ2n) is 8.00. The molecular formula is C27H26N4O3. The number of nitrogens with zero attached hydrogens (tertiary/aromatic N) is 3. The van der Waals surface area contributed by atoms with Gasteiger partial charge < -0.3 is 14.4 Å². The van der Waals surface area contributed by atoms with Crippen molar-refractivity contribution in [3.8, 4) is 22.8 Å². The summed E-state index contributed by atoms with van der Waals surface area (Å²) in [5, 5.41) is 7.55. The highest BCUT2D eigenvalue weighted by atomic mass is 16.5. The fourth-order valence-corrected chi connectivity index (χ4v) is 4.45. The molecule has 4 aromatic rings. The number of amides is 1. The third-order valence-corrected chi connectivity index (χ3v) is 5.87. The minimum absolute atomic E-state index is 0.0922. The molecule has 2 aromatic heterocycles. The van der Waals surface area contributed by atoms with Crippen molar-refractivity contribution in [3.63, 3.8) is 0 Å². The predicted molar refractivity (Wildman–Crippen MR) is 129 cm³/mol.